The Hall–Kier alpha value is -2.73. The first-order valence-corrected chi connectivity index (χ1v) is 8.20. The van der Waals surface area contributed by atoms with Gasteiger partial charge < -0.3 is 15.1 Å². The molecule has 2 aromatic heterocycles. The molecule has 0 spiro atoms. The van der Waals surface area contributed by atoms with Gasteiger partial charge in [0, 0.05) is 24.0 Å². The summed E-state index contributed by atoms with van der Waals surface area (Å²) >= 11 is 0. The smallest absolute Gasteiger partial charge is 0.320 e. The lowest BCUT2D eigenvalue weighted by Gasteiger charge is -2.18. The molecule has 4 rings (SSSR count). The van der Waals surface area contributed by atoms with Crippen molar-refractivity contribution in [3.8, 4) is 11.1 Å². The van der Waals surface area contributed by atoms with Crippen molar-refractivity contribution in [3.63, 3.8) is 0 Å². The molecule has 0 aliphatic carbocycles. The van der Waals surface area contributed by atoms with Gasteiger partial charge in [0.05, 0.1) is 0 Å². The molecule has 3 heterocycles. The second kappa shape index (κ2) is 6.80. The van der Waals surface area contributed by atoms with Gasteiger partial charge >= 0.3 is 6.01 Å². The molecule has 2 N–H and O–H groups in total. The normalized spacial score (nSPS) is 15.3. The van der Waals surface area contributed by atoms with Gasteiger partial charge in [0.2, 0.25) is 5.89 Å². The zero-order chi connectivity index (χ0) is 16.2. The fourth-order valence-corrected chi connectivity index (χ4v) is 2.93. The standard InChI is InChI=1S/C18H19N5O/c1-3-16(4-2-13(1)14-5-9-19-10-6-14)21-18-23-22-17(24-18)15-7-11-20-12-8-15/h1-6,9-10,15,20H,7-8,11-12H2,(H,21,23). The molecule has 1 aromatic carbocycles. The highest BCUT2D eigenvalue weighted by Crippen LogP contribution is 2.27. The zero-order valence-corrected chi connectivity index (χ0v) is 13.3. The van der Waals surface area contributed by atoms with Crippen molar-refractivity contribution in [2.75, 3.05) is 18.4 Å². The molecular formula is C18H19N5O. The number of hydrogen-bond acceptors (Lipinski definition) is 6. The van der Waals surface area contributed by atoms with E-state index in [0.29, 0.717) is 11.9 Å². The summed E-state index contributed by atoms with van der Waals surface area (Å²) in [5.41, 5.74) is 3.21. The Morgan fingerprint density at radius 3 is 2.38 bits per heavy atom. The number of rotatable bonds is 4. The summed E-state index contributed by atoms with van der Waals surface area (Å²) in [5, 5.41) is 14.8. The Morgan fingerprint density at radius 2 is 1.62 bits per heavy atom. The van der Waals surface area contributed by atoms with Crippen LogP contribution in [0.5, 0.6) is 0 Å². The van der Waals surface area contributed by atoms with Crippen LogP contribution >= 0.6 is 0 Å². The molecule has 3 aromatic rings. The van der Waals surface area contributed by atoms with Gasteiger partial charge in [-0.2, -0.15) is 0 Å². The van der Waals surface area contributed by atoms with E-state index in [9.17, 15) is 0 Å². The van der Waals surface area contributed by atoms with Crippen molar-refractivity contribution in [1.29, 1.82) is 0 Å². The van der Waals surface area contributed by atoms with Crippen molar-refractivity contribution >= 4 is 11.7 Å². The van der Waals surface area contributed by atoms with Crippen LogP contribution in [-0.4, -0.2) is 28.3 Å². The predicted octanol–water partition coefficient (Wildman–Crippen LogP) is 3.34. The van der Waals surface area contributed by atoms with Crippen LogP contribution in [-0.2, 0) is 0 Å². The first-order valence-electron chi connectivity index (χ1n) is 8.20. The minimum atomic E-state index is 0.364. The van der Waals surface area contributed by atoms with Crippen LogP contribution in [0.25, 0.3) is 11.1 Å². The number of benzene rings is 1. The Kier molecular flexibility index (Phi) is 4.20. The van der Waals surface area contributed by atoms with Gasteiger partial charge in [-0.05, 0) is 61.3 Å². The summed E-state index contributed by atoms with van der Waals surface area (Å²) in [5.74, 6) is 1.09. The second-order valence-electron chi connectivity index (χ2n) is 5.91. The van der Waals surface area contributed by atoms with E-state index >= 15 is 0 Å². The lowest BCUT2D eigenvalue weighted by atomic mass is 9.98. The first kappa shape index (κ1) is 14.8. The largest absolute Gasteiger partial charge is 0.408 e. The van der Waals surface area contributed by atoms with Gasteiger partial charge in [-0.15, -0.1) is 5.10 Å². The molecule has 0 unspecified atom stereocenters. The SMILES string of the molecule is c1cc(-c2ccc(Nc3nnc(C4CCNCC4)o3)cc2)ccn1. The number of hydrogen-bond donors (Lipinski definition) is 2. The molecule has 1 fully saturated rings. The number of nitrogens with zero attached hydrogens (tertiary/aromatic N) is 3. The van der Waals surface area contributed by atoms with Crippen LogP contribution in [0, 0.1) is 0 Å². The maximum absolute atomic E-state index is 5.77. The van der Waals surface area contributed by atoms with Gasteiger partial charge in [-0.1, -0.05) is 17.2 Å². The summed E-state index contributed by atoms with van der Waals surface area (Å²) in [4.78, 5) is 4.04. The summed E-state index contributed by atoms with van der Waals surface area (Å²) in [7, 11) is 0. The van der Waals surface area contributed by atoms with Gasteiger partial charge in [0.25, 0.3) is 0 Å². The van der Waals surface area contributed by atoms with Crippen molar-refractivity contribution < 1.29 is 4.42 Å². The third-order valence-corrected chi connectivity index (χ3v) is 4.28. The first-order chi connectivity index (χ1) is 11.9. The van der Waals surface area contributed by atoms with E-state index in [1.165, 1.54) is 0 Å². The van der Waals surface area contributed by atoms with Crippen LogP contribution in [0.2, 0.25) is 0 Å². The van der Waals surface area contributed by atoms with Crippen molar-refractivity contribution in [1.82, 2.24) is 20.5 Å². The van der Waals surface area contributed by atoms with Gasteiger partial charge in [0.15, 0.2) is 0 Å². The fourth-order valence-electron chi connectivity index (χ4n) is 2.93. The average Bonchev–Trinajstić information content (AvgIpc) is 3.12. The highest BCUT2D eigenvalue weighted by atomic mass is 16.4. The molecule has 24 heavy (non-hydrogen) atoms. The number of pyridine rings is 1. The molecule has 0 bridgehead atoms. The third kappa shape index (κ3) is 3.28. The molecule has 0 radical (unpaired) electrons. The summed E-state index contributed by atoms with van der Waals surface area (Å²) in [6, 6.07) is 12.6. The summed E-state index contributed by atoms with van der Waals surface area (Å²) in [6.45, 7) is 2.01. The maximum Gasteiger partial charge on any atom is 0.320 e. The highest BCUT2D eigenvalue weighted by molar-refractivity contribution is 5.66. The van der Waals surface area contributed by atoms with Gasteiger partial charge in [-0.3, -0.25) is 4.98 Å². The van der Waals surface area contributed by atoms with Gasteiger partial charge in [-0.25, -0.2) is 0 Å². The van der Waals surface area contributed by atoms with E-state index in [4.69, 9.17) is 4.42 Å². The quantitative estimate of drug-likeness (QED) is 0.767. The summed E-state index contributed by atoms with van der Waals surface area (Å²) in [6.07, 6.45) is 5.68. The topological polar surface area (TPSA) is 75.9 Å². The van der Waals surface area contributed by atoms with E-state index in [1.807, 2.05) is 24.3 Å². The Bertz CT molecular complexity index is 779. The second-order valence-corrected chi connectivity index (χ2v) is 5.91. The molecular weight excluding hydrogens is 302 g/mol. The maximum atomic E-state index is 5.77. The molecule has 6 nitrogen and oxygen atoms in total. The van der Waals surface area contributed by atoms with Crippen LogP contribution in [0.4, 0.5) is 11.7 Å². The minimum absolute atomic E-state index is 0.364. The molecule has 1 saturated heterocycles. The molecule has 0 atom stereocenters. The third-order valence-electron chi connectivity index (χ3n) is 4.28. The van der Waals surface area contributed by atoms with Crippen LogP contribution in [0.1, 0.15) is 24.7 Å². The van der Waals surface area contributed by atoms with E-state index < -0.39 is 0 Å². The average molecular weight is 321 g/mol. The highest BCUT2D eigenvalue weighted by Gasteiger charge is 2.21. The molecule has 0 saturated carbocycles. The zero-order valence-electron chi connectivity index (χ0n) is 13.3. The number of aromatic nitrogens is 3. The molecule has 6 heteroatoms. The predicted molar refractivity (Wildman–Crippen MR) is 92.1 cm³/mol. The molecule has 1 aliphatic heterocycles. The fraction of sp³-hybridized carbons (Fsp3) is 0.278. The molecule has 1 aliphatic rings. The molecule has 122 valence electrons. The number of nitrogens with one attached hydrogen (secondary N) is 2. The van der Waals surface area contributed by atoms with E-state index in [2.05, 4.69) is 37.9 Å². The Labute approximate surface area is 140 Å². The molecule has 0 amide bonds. The Morgan fingerprint density at radius 1 is 0.917 bits per heavy atom. The van der Waals surface area contributed by atoms with E-state index in [1.54, 1.807) is 12.4 Å². The van der Waals surface area contributed by atoms with Crippen molar-refractivity contribution in [2.24, 2.45) is 0 Å². The minimum Gasteiger partial charge on any atom is -0.408 e. The van der Waals surface area contributed by atoms with Crippen molar-refractivity contribution in [2.45, 2.75) is 18.8 Å². The lowest BCUT2D eigenvalue weighted by molar-refractivity contribution is 0.379. The van der Waals surface area contributed by atoms with E-state index in [0.717, 1.165) is 48.6 Å². The number of piperidine rings is 1. The number of anilines is 2. The van der Waals surface area contributed by atoms with Crippen LogP contribution in [0.3, 0.4) is 0 Å². The van der Waals surface area contributed by atoms with Crippen LogP contribution < -0.4 is 10.6 Å². The Balaban J connectivity index is 1.45. The monoisotopic (exact) mass is 321 g/mol. The van der Waals surface area contributed by atoms with Gasteiger partial charge in [0.1, 0.15) is 0 Å². The van der Waals surface area contributed by atoms with Crippen LogP contribution in [0.15, 0.2) is 53.2 Å². The van der Waals surface area contributed by atoms with Crippen molar-refractivity contribution in [3.05, 3.63) is 54.7 Å². The summed E-state index contributed by atoms with van der Waals surface area (Å²) < 4.78 is 5.77. The van der Waals surface area contributed by atoms with E-state index in [-0.39, 0.29) is 0 Å². The lowest BCUT2D eigenvalue weighted by Crippen LogP contribution is -2.26.